The Labute approximate surface area is 279 Å². The lowest BCUT2D eigenvalue weighted by atomic mass is 9.93. The second-order valence-corrected chi connectivity index (χ2v) is 13.5. The zero-order valence-corrected chi connectivity index (χ0v) is 28.5. The number of Topliss-reactive ketones (excluding diaryl/α,β-unsaturated/α-hetero) is 1. The smallest absolute Gasteiger partial charge is 0.243 e. The Bertz CT molecular complexity index is 1330. The predicted molar refractivity (Wildman–Crippen MR) is 181 cm³/mol. The molecular formula is C37H52N4O6. The Morgan fingerprint density at radius 3 is 1.79 bits per heavy atom. The molecule has 0 saturated carbocycles. The van der Waals surface area contributed by atoms with Crippen LogP contribution in [0.4, 0.5) is 0 Å². The lowest BCUT2D eigenvalue weighted by Gasteiger charge is -2.25. The van der Waals surface area contributed by atoms with Crippen molar-refractivity contribution in [2.24, 2.45) is 11.8 Å². The molecule has 1 heterocycles. The fourth-order valence-corrected chi connectivity index (χ4v) is 5.42. The van der Waals surface area contributed by atoms with Gasteiger partial charge in [0.15, 0.2) is 5.78 Å². The maximum absolute atomic E-state index is 13.6. The topological polar surface area (TPSA) is 146 Å². The Morgan fingerprint density at radius 2 is 1.23 bits per heavy atom. The van der Waals surface area contributed by atoms with Gasteiger partial charge in [0.2, 0.25) is 23.6 Å². The van der Waals surface area contributed by atoms with Gasteiger partial charge in [-0.1, -0.05) is 88.4 Å². The summed E-state index contributed by atoms with van der Waals surface area (Å²) in [5.41, 5.74) is 1.29. The number of ketones is 1. The first-order valence-corrected chi connectivity index (χ1v) is 16.8. The quantitative estimate of drug-likeness (QED) is 0.161. The molecule has 3 unspecified atom stereocenters. The first-order valence-electron chi connectivity index (χ1n) is 16.8. The molecule has 0 spiro atoms. The summed E-state index contributed by atoms with van der Waals surface area (Å²) in [5, 5.41) is 11.1. The summed E-state index contributed by atoms with van der Waals surface area (Å²) in [6.45, 7) is 9.47. The van der Waals surface area contributed by atoms with Crippen molar-refractivity contribution in [2.75, 3.05) is 13.2 Å². The molecule has 4 amide bonds. The third-order valence-electron chi connectivity index (χ3n) is 8.15. The number of carbonyl (C=O) groups is 5. The molecule has 0 aliphatic carbocycles. The number of aryl methyl sites for hydroxylation is 2. The summed E-state index contributed by atoms with van der Waals surface area (Å²) < 4.78 is 5.29. The van der Waals surface area contributed by atoms with E-state index in [0.29, 0.717) is 38.7 Å². The number of rotatable bonds is 20. The first-order chi connectivity index (χ1) is 22.4. The van der Waals surface area contributed by atoms with Crippen molar-refractivity contribution in [3.8, 4) is 0 Å². The Kier molecular flexibility index (Phi) is 14.6. The summed E-state index contributed by atoms with van der Waals surface area (Å²) >= 11 is 0. The number of hydrogen-bond donors (Lipinski definition) is 4. The van der Waals surface area contributed by atoms with Crippen molar-refractivity contribution in [3.63, 3.8) is 0 Å². The largest absolute Gasteiger partial charge is 0.361 e. The molecule has 10 heteroatoms. The maximum atomic E-state index is 13.6. The van der Waals surface area contributed by atoms with E-state index in [1.807, 2.05) is 88.4 Å². The Balaban J connectivity index is 1.61. The van der Waals surface area contributed by atoms with Gasteiger partial charge in [-0.3, -0.25) is 24.0 Å². The average Bonchev–Trinajstić information content (AvgIpc) is 3.79. The number of epoxide rings is 1. The first kappa shape index (κ1) is 37.4. The second-order valence-electron chi connectivity index (χ2n) is 13.5. The van der Waals surface area contributed by atoms with Crippen molar-refractivity contribution in [1.82, 2.24) is 21.3 Å². The van der Waals surface area contributed by atoms with Crippen LogP contribution < -0.4 is 21.3 Å². The maximum Gasteiger partial charge on any atom is 0.243 e. The van der Waals surface area contributed by atoms with Gasteiger partial charge in [0, 0.05) is 6.42 Å². The van der Waals surface area contributed by atoms with Crippen LogP contribution in [0.2, 0.25) is 0 Å². The lowest BCUT2D eigenvalue weighted by molar-refractivity contribution is -0.133. The van der Waals surface area contributed by atoms with Crippen LogP contribution in [0, 0.1) is 11.8 Å². The molecule has 4 atom stereocenters. The molecule has 2 aromatic carbocycles. The fraction of sp³-hybridized carbons (Fsp3) is 0.541. The van der Waals surface area contributed by atoms with E-state index in [2.05, 4.69) is 21.3 Å². The minimum atomic E-state index is -0.920. The SMILES string of the molecule is CC(C)CC(NC(=O)C(CCc1ccccc1)NC(=O)CCCc1ccccc1)C(=O)NCC(=O)NC(CC(C)C)C(=O)[C@@]1(C)CO1. The van der Waals surface area contributed by atoms with Gasteiger partial charge in [-0.2, -0.15) is 0 Å². The molecule has 256 valence electrons. The average molecular weight is 649 g/mol. The van der Waals surface area contributed by atoms with Gasteiger partial charge >= 0.3 is 0 Å². The van der Waals surface area contributed by atoms with Gasteiger partial charge in [0.25, 0.3) is 0 Å². The van der Waals surface area contributed by atoms with E-state index < -0.39 is 41.4 Å². The molecule has 2 aromatic rings. The number of amides is 4. The standard InChI is InChI=1S/C37H52N4O6/c1-25(2)21-30(34(44)37(5)24-47-37)40-33(43)23-38-35(45)31(22-26(3)4)41-36(46)29(20-19-28-15-10-7-11-16-28)39-32(42)18-12-17-27-13-8-6-9-14-27/h6-11,13-16,25-26,29-31H,12,17-24H2,1-5H3,(H,38,45)(H,39,42)(H,40,43)(H,41,46)/t29?,30?,31?,37-/m1/s1. The van der Waals surface area contributed by atoms with E-state index in [0.717, 1.165) is 17.5 Å². The van der Waals surface area contributed by atoms with E-state index in [1.165, 1.54) is 0 Å². The molecule has 0 aromatic heterocycles. The van der Waals surface area contributed by atoms with E-state index in [-0.39, 0.29) is 36.5 Å². The minimum absolute atomic E-state index is 0.0579. The number of ether oxygens (including phenoxy) is 1. The molecule has 4 N–H and O–H groups in total. The molecule has 3 rings (SSSR count). The summed E-state index contributed by atoms with van der Waals surface area (Å²) in [7, 11) is 0. The predicted octanol–water partition coefficient (Wildman–Crippen LogP) is 3.66. The van der Waals surface area contributed by atoms with Crippen LogP contribution in [-0.2, 0) is 41.6 Å². The van der Waals surface area contributed by atoms with Crippen molar-refractivity contribution in [3.05, 3.63) is 71.8 Å². The van der Waals surface area contributed by atoms with Crippen LogP contribution in [0.15, 0.2) is 60.7 Å². The number of hydrogen-bond acceptors (Lipinski definition) is 6. The molecule has 0 radical (unpaired) electrons. The fourth-order valence-electron chi connectivity index (χ4n) is 5.42. The van der Waals surface area contributed by atoms with Gasteiger partial charge in [-0.15, -0.1) is 0 Å². The van der Waals surface area contributed by atoms with Crippen molar-refractivity contribution < 1.29 is 28.7 Å². The number of nitrogens with one attached hydrogen (secondary N) is 4. The summed E-state index contributed by atoms with van der Waals surface area (Å²) in [6, 6.07) is 17.1. The van der Waals surface area contributed by atoms with Crippen LogP contribution in [-0.4, -0.2) is 66.3 Å². The van der Waals surface area contributed by atoms with Crippen LogP contribution in [0.25, 0.3) is 0 Å². The van der Waals surface area contributed by atoms with Crippen molar-refractivity contribution in [1.29, 1.82) is 0 Å². The molecule has 1 aliphatic heterocycles. The van der Waals surface area contributed by atoms with Gasteiger partial charge in [-0.05, 0) is 68.4 Å². The van der Waals surface area contributed by atoms with Gasteiger partial charge in [0.1, 0.15) is 17.7 Å². The minimum Gasteiger partial charge on any atom is -0.361 e. The highest BCUT2D eigenvalue weighted by Crippen LogP contribution is 2.29. The third kappa shape index (κ3) is 13.3. The van der Waals surface area contributed by atoms with Gasteiger partial charge in [0.05, 0.1) is 19.2 Å². The summed E-state index contributed by atoms with van der Waals surface area (Å²) in [6.07, 6.45) is 3.35. The summed E-state index contributed by atoms with van der Waals surface area (Å²) in [4.78, 5) is 65.6. The highest BCUT2D eigenvalue weighted by molar-refractivity contribution is 5.97. The monoisotopic (exact) mass is 648 g/mol. The van der Waals surface area contributed by atoms with E-state index in [4.69, 9.17) is 4.74 Å². The molecule has 1 saturated heterocycles. The number of benzene rings is 2. The summed E-state index contributed by atoms with van der Waals surface area (Å²) in [5.74, 6) is -1.66. The van der Waals surface area contributed by atoms with Crippen LogP contribution in [0.5, 0.6) is 0 Å². The van der Waals surface area contributed by atoms with Crippen LogP contribution in [0.3, 0.4) is 0 Å². The molecule has 10 nitrogen and oxygen atoms in total. The van der Waals surface area contributed by atoms with Crippen molar-refractivity contribution in [2.45, 2.75) is 103 Å². The van der Waals surface area contributed by atoms with E-state index >= 15 is 0 Å². The highest BCUT2D eigenvalue weighted by atomic mass is 16.6. The Morgan fingerprint density at radius 1 is 0.702 bits per heavy atom. The van der Waals surface area contributed by atoms with Crippen molar-refractivity contribution >= 4 is 29.4 Å². The van der Waals surface area contributed by atoms with Gasteiger partial charge < -0.3 is 26.0 Å². The zero-order valence-electron chi connectivity index (χ0n) is 28.5. The zero-order chi connectivity index (χ0) is 34.4. The van der Waals surface area contributed by atoms with Crippen LogP contribution >= 0.6 is 0 Å². The second kappa shape index (κ2) is 18.3. The lowest BCUT2D eigenvalue weighted by Crippen LogP contribution is -2.55. The normalized spacial score (nSPS) is 17.3. The molecule has 47 heavy (non-hydrogen) atoms. The highest BCUT2D eigenvalue weighted by Gasteiger charge is 2.50. The van der Waals surface area contributed by atoms with Gasteiger partial charge in [-0.25, -0.2) is 0 Å². The molecule has 1 fully saturated rings. The molecule has 1 aliphatic rings. The van der Waals surface area contributed by atoms with E-state index in [9.17, 15) is 24.0 Å². The molecule has 0 bridgehead atoms. The van der Waals surface area contributed by atoms with E-state index in [1.54, 1.807) is 6.92 Å². The third-order valence-corrected chi connectivity index (χ3v) is 8.15. The number of carbonyl (C=O) groups excluding carboxylic acids is 5. The molecular weight excluding hydrogens is 596 g/mol. The Hall–Kier alpha value is -4.05. The van der Waals surface area contributed by atoms with Crippen LogP contribution in [0.1, 0.15) is 77.8 Å².